The molecular formula is C18H24O6S. The summed E-state index contributed by atoms with van der Waals surface area (Å²) in [6.07, 6.45) is 0.231. The summed E-state index contributed by atoms with van der Waals surface area (Å²) in [7, 11) is 0. The Hall–Kier alpha value is -2.02. The van der Waals surface area contributed by atoms with Crippen LogP contribution in [0.3, 0.4) is 0 Å². The van der Waals surface area contributed by atoms with Crippen molar-refractivity contribution in [3.63, 3.8) is 0 Å². The third-order valence-electron chi connectivity index (χ3n) is 3.55. The van der Waals surface area contributed by atoms with Crippen molar-refractivity contribution in [2.24, 2.45) is 0 Å². The second kappa shape index (κ2) is 9.46. The Balaban J connectivity index is 2.99. The number of hydrogen-bond donors (Lipinski definition) is 0. The summed E-state index contributed by atoms with van der Waals surface area (Å²) < 4.78 is 14.8. The topological polar surface area (TPSA) is 78.9 Å². The van der Waals surface area contributed by atoms with Crippen LogP contribution in [0.5, 0.6) is 0 Å². The molecule has 0 saturated heterocycles. The number of carbonyl (C=O) groups is 3. The van der Waals surface area contributed by atoms with Crippen molar-refractivity contribution in [3.05, 3.63) is 29.8 Å². The average molecular weight is 368 g/mol. The number of carbonyl (C=O) groups excluding carboxylic acids is 3. The highest BCUT2D eigenvalue weighted by Gasteiger charge is 2.39. The Bertz CT molecular complexity index is 590. The Kier molecular flexibility index (Phi) is 7.96. The fraction of sp³-hybridized carbons (Fsp3) is 0.500. The first kappa shape index (κ1) is 21.0. The van der Waals surface area contributed by atoms with Gasteiger partial charge in [0.15, 0.2) is 0 Å². The predicted molar refractivity (Wildman–Crippen MR) is 94.4 cm³/mol. The van der Waals surface area contributed by atoms with Gasteiger partial charge in [0.2, 0.25) is 0 Å². The molecule has 0 bridgehead atoms. The number of hydrogen-bond acceptors (Lipinski definition) is 7. The average Bonchev–Trinajstić information content (AvgIpc) is 2.59. The third-order valence-corrected chi connectivity index (χ3v) is 4.29. The van der Waals surface area contributed by atoms with Crippen LogP contribution in [-0.4, -0.2) is 43.5 Å². The summed E-state index contributed by atoms with van der Waals surface area (Å²) in [5.41, 5.74) is -0.337. The molecule has 0 aromatic heterocycles. The van der Waals surface area contributed by atoms with E-state index in [4.69, 9.17) is 14.2 Å². The molecule has 0 radical (unpaired) electrons. The maximum absolute atomic E-state index is 12.6. The van der Waals surface area contributed by atoms with Crippen LogP contribution in [0.15, 0.2) is 29.2 Å². The van der Waals surface area contributed by atoms with Crippen LogP contribution in [0.1, 0.15) is 33.3 Å². The molecule has 0 amide bonds. The van der Waals surface area contributed by atoms with E-state index in [-0.39, 0.29) is 13.2 Å². The lowest BCUT2D eigenvalue weighted by Gasteiger charge is -2.25. The summed E-state index contributed by atoms with van der Waals surface area (Å²) in [6, 6.07) is 7.42. The smallest absolute Gasteiger partial charge is 0.359 e. The molecule has 0 aliphatic heterocycles. The van der Waals surface area contributed by atoms with Crippen molar-refractivity contribution in [2.75, 3.05) is 19.5 Å². The zero-order valence-electron chi connectivity index (χ0n) is 15.2. The van der Waals surface area contributed by atoms with E-state index in [2.05, 4.69) is 0 Å². The van der Waals surface area contributed by atoms with Crippen molar-refractivity contribution in [3.8, 4) is 0 Å². The number of rotatable bonds is 8. The molecule has 0 heterocycles. The summed E-state index contributed by atoms with van der Waals surface area (Å²) in [5.74, 6) is -2.60. The molecule has 0 spiro atoms. The van der Waals surface area contributed by atoms with E-state index in [9.17, 15) is 14.4 Å². The van der Waals surface area contributed by atoms with Crippen LogP contribution in [0.25, 0.3) is 0 Å². The monoisotopic (exact) mass is 368 g/mol. The first-order valence-corrected chi connectivity index (χ1v) is 9.19. The van der Waals surface area contributed by atoms with Gasteiger partial charge in [-0.05, 0) is 51.6 Å². The maximum Gasteiger partial charge on any atom is 0.359 e. The van der Waals surface area contributed by atoms with Gasteiger partial charge in [-0.15, -0.1) is 11.8 Å². The highest BCUT2D eigenvalue weighted by Crippen LogP contribution is 2.27. The van der Waals surface area contributed by atoms with Gasteiger partial charge in [-0.1, -0.05) is 12.1 Å². The molecule has 1 aromatic rings. The number of ether oxygens (including phenoxy) is 3. The Morgan fingerprint density at radius 1 is 1.00 bits per heavy atom. The van der Waals surface area contributed by atoms with Crippen LogP contribution < -0.4 is 0 Å². The molecule has 0 aliphatic rings. The highest BCUT2D eigenvalue weighted by molar-refractivity contribution is 7.98. The standard InChI is InChI=1S/C18H24O6S/c1-6-22-15(19)14(16(20)23-7-2)24-17(21)18(3,4)12-8-10-13(25-5)11-9-12/h8-11,14H,6-7H2,1-5H3. The van der Waals surface area contributed by atoms with Crippen LogP contribution >= 0.6 is 11.8 Å². The molecule has 7 heteroatoms. The number of thioether (sulfide) groups is 1. The van der Waals surface area contributed by atoms with E-state index in [1.807, 2.05) is 30.5 Å². The van der Waals surface area contributed by atoms with E-state index in [0.29, 0.717) is 5.56 Å². The van der Waals surface area contributed by atoms with Gasteiger partial charge in [0.1, 0.15) is 0 Å². The Morgan fingerprint density at radius 3 is 1.88 bits per heavy atom. The SMILES string of the molecule is CCOC(=O)C(OC(=O)C(C)(C)c1ccc(SC)cc1)C(=O)OCC. The second-order valence-electron chi connectivity index (χ2n) is 5.64. The fourth-order valence-corrected chi connectivity index (χ4v) is 2.42. The van der Waals surface area contributed by atoms with Crippen LogP contribution in [0, 0.1) is 0 Å². The highest BCUT2D eigenvalue weighted by atomic mass is 32.2. The molecule has 0 atom stereocenters. The number of esters is 3. The fourth-order valence-electron chi connectivity index (χ4n) is 2.01. The van der Waals surface area contributed by atoms with Gasteiger partial charge in [0.05, 0.1) is 18.6 Å². The molecule has 25 heavy (non-hydrogen) atoms. The molecule has 0 saturated carbocycles. The van der Waals surface area contributed by atoms with Gasteiger partial charge in [0, 0.05) is 4.90 Å². The van der Waals surface area contributed by atoms with Crippen molar-refractivity contribution in [2.45, 2.75) is 44.1 Å². The van der Waals surface area contributed by atoms with Crippen molar-refractivity contribution >= 4 is 29.7 Å². The molecule has 138 valence electrons. The summed E-state index contributed by atoms with van der Waals surface area (Å²) in [5, 5.41) is 0. The first-order chi connectivity index (χ1) is 11.8. The Labute approximate surface area is 152 Å². The minimum atomic E-state index is -1.72. The minimum absolute atomic E-state index is 0.0613. The van der Waals surface area contributed by atoms with E-state index in [1.54, 1.807) is 39.5 Å². The third kappa shape index (κ3) is 5.49. The van der Waals surface area contributed by atoms with Gasteiger partial charge >= 0.3 is 17.9 Å². The van der Waals surface area contributed by atoms with E-state index >= 15 is 0 Å². The van der Waals surface area contributed by atoms with Gasteiger partial charge in [-0.2, -0.15) is 0 Å². The Morgan fingerprint density at radius 2 is 1.48 bits per heavy atom. The molecule has 0 N–H and O–H groups in total. The normalized spacial score (nSPS) is 11.1. The quantitative estimate of drug-likeness (QED) is 0.302. The van der Waals surface area contributed by atoms with Crippen molar-refractivity contribution in [1.29, 1.82) is 0 Å². The molecular weight excluding hydrogens is 344 g/mol. The zero-order valence-corrected chi connectivity index (χ0v) is 16.0. The van der Waals surface area contributed by atoms with E-state index < -0.39 is 29.4 Å². The summed E-state index contributed by atoms with van der Waals surface area (Å²) >= 11 is 1.59. The largest absolute Gasteiger partial charge is 0.463 e. The van der Waals surface area contributed by atoms with Crippen molar-refractivity contribution in [1.82, 2.24) is 0 Å². The van der Waals surface area contributed by atoms with Crippen LogP contribution in [-0.2, 0) is 34.0 Å². The molecule has 0 aliphatic carbocycles. The summed E-state index contributed by atoms with van der Waals surface area (Å²) in [4.78, 5) is 37.5. The number of benzene rings is 1. The molecule has 0 unspecified atom stereocenters. The van der Waals surface area contributed by atoms with Gasteiger partial charge < -0.3 is 14.2 Å². The first-order valence-electron chi connectivity index (χ1n) is 7.96. The van der Waals surface area contributed by atoms with Crippen molar-refractivity contribution < 1.29 is 28.6 Å². The van der Waals surface area contributed by atoms with Crippen LogP contribution in [0.4, 0.5) is 0 Å². The lowest BCUT2D eigenvalue weighted by molar-refractivity contribution is -0.182. The lowest BCUT2D eigenvalue weighted by atomic mass is 9.85. The minimum Gasteiger partial charge on any atom is -0.463 e. The predicted octanol–water partition coefficient (Wildman–Crippen LogP) is 2.72. The van der Waals surface area contributed by atoms with Gasteiger partial charge in [-0.3, -0.25) is 4.79 Å². The summed E-state index contributed by atoms with van der Waals surface area (Å²) in [6.45, 7) is 6.64. The van der Waals surface area contributed by atoms with Gasteiger partial charge in [0.25, 0.3) is 6.10 Å². The molecule has 1 aromatic carbocycles. The molecule has 0 fully saturated rings. The molecule has 6 nitrogen and oxygen atoms in total. The maximum atomic E-state index is 12.6. The molecule has 1 rings (SSSR count). The van der Waals surface area contributed by atoms with E-state index in [1.165, 1.54) is 0 Å². The second-order valence-corrected chi connectivity index (χ2v) is 6.52. The van der Waals surface area contributed by atoms with Gasteiger partial charge in [-0.25, -0.2) is 9.59 Å². The van der Waals surface area contributed by atoms with E-state index in [0.717, 1.165) is 4.90 Å². The lowest BCUT2D eigenvalue weighted by Crippen LogP contribution is -2.42. The zero-order chi connectivity index (χ0) is 19.0. The van der Waals surface area contributed by atoms with Crippen LogP contribution in [0.2, 0.25) is 0 Å².